The zero-order valence-corrected chi connectivity index (χ0v) is 9.61. The maximum absolute atomic E-state index is 12.4. The van der Waals surface area contributed by atoms with Crippen LogP contribution in [0.15, 0.2) is 17.2 Å². The Kier molecular flexibility index (Phi) is 3.62. The van der Waals surface area contributed by atoms with Gasteiger partial charge in [-0.05, 0) is 40.3 Å². The lowest BCUT2D eigenvalue weighted by atomic mass is 10.1. The van der Waals surface area contributed by atoms with Gasteiger partial charge < -0.3 is 0 Å². The topological polar surface area (TPSA) is 72.5 Å². The molecule has 0 N–H and O–H groups in total. The Morgan fingerprint density at radius 3 is 2.50 bits per heavy atom. The SMILES string of the molecule is N#Cc1cc(C(F)(F)F)cc(I)c1N=[N+]=[N-]. The van der Waals surface area contributed by atoms with Crippen LogP contribution in [0.2, 0.25) is 0 Å². The van der Waals surface area contributed by atoms with Crippen molar-refractivity contribution in [2.75, 3.05) is 0 Å². The molecule has 82 valence electrons. The average molecular weight is 338 g/mol. The number of hydrogen-bond acceptors (Lipinski definition) is 2. The van der Waals surface area contributed by atoms with Gasteiger partial charge in [0.2, 0.25) is 0 Å². The van der Waals surface area contributed by atoms with E-state index in [0.717, 1.165) is 6.07 Å². The molecule has 0 radical (unpaired) electrons. The Hall–Kier alpha value is -1.46. The molecule has 0 heterocycles. The highest BCUT2D eigenvalue weighted by Gasteiger charge is 2.31. The maximum atomic E-state index is 12.4. The number of halogens is 4. The smallest absolute Gasteiger partial charge is 0.192 e. The van der Waals surface area contributed by atoms with Gasteiger partial charge in [0.1, 0.15) is 0 Å². The van der Waals surface area contributed by atoms with Gasteiger partial charge in [-0.25, -0.2) is 0 Å². The molecule has 4 nitrogen and oxygen atoms in total. The van der Waals surface area contributed by atoms with Crippen LogP contribution >= 0.6 is 22.6 Å². The predicted octanol–water partition coefficient (Wildman–Crippen LogP) is 4.12. The molecular formula is C8H2F3IN4. The van der Waals surface area contributed by atoms with Gasteiger partial charge in [0, 0.05) is 8.48 Å². The molecule has 1 rings (SSSR count). The van der Waals surface area contributed by atoms with Crippen molar-refractivity contribution in [2.24, 2.45) is 5.11 Å². The summed E-state index contributed by atoms with van der Waals surface area (Å²) in [6, 6.07) is 3.05. The third kappa shape index (κ3) is 2.56. The van der Waals surface area contributed by atoms with Crippen molar-refractivity contribution in [3.63, 3.8) is 0 Å². The van der Waals surface area contributed by atoms with Crippen LogP contribution in [0.1, 0.15) is 11.1 Å². The van der Waals surface area contributed by atoms with Gasteiger partial charge >= 0.3 is 6.18 Å². The van der Waals surface area contributed by atoms with Crippen LogP contribution in [0.5, 0.6) is 0 Å². The molecule has 0 atom stereocenters. The Balaban J connectivity index is 3.51. The summed E-state index contributed by atoms with van der Waals surface area (Å²) in [6.45, 7) is 0. The third-order valence-corrected chi connectivity index (χ3v) is 2.48. The minimum atomic E-state index is -4.53. The van der Waals surface area contributed by atoms with Crippen molar-refractivity contribution in [3.05, 3.63) is 37.3 Å². The van der Waals surface area contributed by atoms with Crippen LogP contribution in [-0.4, -0.2) is 0 Å². The second kappa shape index (κ2) is 4.59. The fourth-order valence-corrected chi connectivity index (χ4v) is 1.73. The van der Waals surface area contributed by atoms with E-state index in [1.54, 1.807) is 28.7 Å². The highest BCUT2D eigenvalue weighted by Crippen LogP contribution is 2.35. The fraction of sp³-hybridized carbons (Fsp3) is 0.125. The van der Waals surface area contributed by atoms with Crippen molar-refractivity contribution in [1.82, 2.24) is 0 Å². The number of alkyl halides is 3. The van der Waals surface area contributed by atoms with E-state index in [1.165, 1.54) is 0 Å². The molecule has 0 saturated carbocycles. The van der Waals surface area contributed by atoms with Crippen LogP contribution < -0.4 is 0 Å². The van der Waals surface area contributed by atoms with E-state index in [-0.39, 0.29) is 14.8 Å². The molecule has 0 bridgehead atoms. The fourth-order valence-electron chi connectivity index (χ4n) is 0.994. The van der Waals surface area contributed by atoms with Gasteiger partial charge in [-0.3, -0.25) is 0 Å². The van der Waals surface area contributed by atoms with E-state index in [2.05, 4.69) is 10.0 Å². The molecule has 0 unspecified atom stereocenters. The van der Waals surface area contributed by atoms with E-state index in [1.807, 2.05) is 0 Å². The second-order valence-electron chi connectivity index (χ2n) is 2.65. The minimum Gasteiger partial charge on any atom is -0.192 e. The zero-order chi connectivity index (χ0) is 12.3. The molecule has 1 aromatic carbocycles. The number of hydrogen-bond donors (Lipinski definition) is 0. The summed E-state index contributed by atoms with van der Waals surface area (Å²) in [5, 5.41) is 11.8. The van der Waals surface area contributed by atoms with Crippen LogP contribution in [0.3, 0.4) is 0 Å². The standard InChI is InChI=1S/C8H2F3IN4/c9-8(10,11)5-1-4(3-13)7(15-16-14)6(12)2-5/h1-2H. The van der Waals surface area contributed by atoms with Crippen LogP contribution in [0.4, 0.5) is 18.9 Å². The molecule has 0 aliphatic rings. The number of rotatable bonds is 1. The van der Waals surface area contributed by atoms with Crippen molar-refractivity contribution >= 4 is 28.3 Å². The molecule has 0 aromatic heterocycles. The number of benzene rings is 1. The van der Waals surface area contributed by atoms with Crippen LogP contribution in [-0.2, 0) is 6.18 Å². The lowest BCUT2D eigenvalue weighted by Crippen LogP contribution is -2.05. The molecule has 0 saturated heterocycles. The van der Waals surface area contributed by atoms with Crippen molar-refractivity contribution < 1.29 is 13.2 Å². The van der Waals surface area contributed by atoms with Crippen molar-refractivity contribution in [3.8, 4) is 6.07 Å². The Labute approximate surface area is 101 Å². The van der Waals surface area contributed by atoms with E-state index >= 15 is 0 Å². The van der Waals surface area contributed by atoms with E-state index in [4.69, 9.17) is 10.8 Å². The predicted molar refractivity (Wildman–Crippen MR) is 57.7 cm³/mol. The van der Waals surface area contributed by atoms with Crippen LogP contribution in [0.25, 0.3) is 10.4 Å². The molecule has 0 amide bonds. The number of azide groups is 1. The lowest BCUT2D eigenvalue weighted by Gasteiger charge is -2.09. The van der Waals surface area contributed by atoms with E-state index < -0.39 is 11.7 Å². The Bertz CT molecular complexity index is 511. The summed E-state index contributed by atoms with van der Waals surface area (Å²) in [7, 11) is 0. The van der Waals surface area contributed by atoms with Gasteiger partial charge in [-0.2, -0.15) is 18.4 Å². The quantitative estimate of drug-likeness (QED) is 0.328. The summed E-state index contributed by atoms with van der Waals surface area (Å²) in [6.07, 6.45) is -4.53. The number of nitriles is 1. The van der Waals surface area contributed by atoms with Gasteiger partial charge in [-0.15, -0.1) is 0 Å². The van der Waals surface area contributed by atoms with Crippen molar-refractivity contribution in [2.45, 2.75) is 6.18 Å². The summed E-state index contributed by atoms with van der Waals surface area (Å²) in [4.78, 5) is 2.46. The lowest BCUT2D eigenvalue weighted by molar-refractivity contribution is -0.137. The zero-order valence-electron chi connectivity index (χ0n) is 7.46. The summed E-state index contributed by atoms with van der Waals surface area (Å²) in [5.41, 5.74) is 6.90. The summed E-state index contributed by atoms with van der Waals surface area (Å²) < 4.78 is 37.2. The molecule has 8 heteroatoms. The summed E-state index contributed by atoms with van der Waals surface area (Å²) in [5.74, 6) is 0. The van der Waals surface area contributed by atoms with Gasteiger partial charge in [0.25, 0.3) is 0 Å². The molecule has 0 spiro atoms. The average Bonchev–Trinajstić information content (AvgIpc) is 2.19. The minimum absolute atomic E-state index is 0.0846. The van der Waals surface area contributed by atoms with Crippen LogP contribution in [0, 0.1) is 14.9 Å². The Morgan fingerprint density at radius 2 is 2.06 bits per heavy atom. The van der Waals surface area contributed by atoms with Gasteiger partial charge in [-0.1, -0.05) is 5.11 Å². The van der Waals surface area contributed by atoms with E-state index in [9.17, 15) is 13.2 Å². The largest absolute Gasteiger partial charge is 0.416 e. The van der Waals surface area contributed by atoms with Crippen molar-refractivity contribution in [1.29, 1.82) is 5.26 Å². The first kappa shape index (κ1) is 12.6. The van der Waals surface area contributed by atoms with E-state index in [0.29, 0.717) is 6.07 Å². The molecule has 0 aliphatic carbocycles. The molecule has 1 aromatic rings. The highest BCUT2D eigenvalue weighted by molar-refractivity contribution is 14.1. The third-order valence-electron chi connectivity index (χ3n) is 1.66. The number of nitrogens with zero attached hydrogens (tertiary/aromatic N) is 4. The highest BCUT2D eigenvalue weighted by atomic mass is 127. The molecule has 16 heavy (non-hydrogen) atoms. The monoisotopic (exact) mass is 338 g/mol. The first-order chi connectivity index (χ1) is 7.40. The molecular weight excluding hydrogens is 336 g/mol. The van der Waals surface area contributed by atoms with Gasteiger partial charge in [0.15, 0.2) is 0 Å². The first-order valence-electron chi connectivity index (χ1n) is 3.76. The normalized spacial score (nSPS) is 10.4. The molecule has 0 aliphatic heterocycles. The first-order valence-corrected chi connectivity index (χ1v) is 4.84. The summed E-state index contributed by atoms with van der Waals surface area (Å²) >= 11 is 1.58. The Morgan fingerprint density at radius 1 is 1.44 bits per heavy atom. The second-order valence-corrected chi connectivity index (χ2v) is 3.82. The molecule has 0 fully saturated rings. The van der Waals surface area contributed by atoms with Gasteiger partial charge in [0.05, 0.1) is 22.9 Å². The maximum Gasteiger partial charge on any atom is 0.416 e.